The molecular weight excluding hydrogens is 232 g/mol. The average molecular weight is 248 g/mol. The molecule has 0 saturated carbocycles. The maximum Gasteiger partial charge on any atom is 0.243 e. The molecule has 0 aromatic rings. The molecule has 1 spiro atoms. The molecule has 5 aliphatic rings. The van der Waals surface area contributed by atoms with Gasteiger partial charge >= 0.3 is 0 Å². The van der Waals surface area contributed by atoms with Crippen LogP contribution in [0.5, 0.6) is 0 Å². The van der Waals surface area contributed by atoms with Gasteiger partial charge in [-0.2, -0.15) is 0 Å². The van der Waals surface area contributed by atoms with Crippen LogP contribution in [0.15, 0.2) is 23.8 Å². The van der Waals surface area contributed by atoms with Crippen LogP contribution in [-0.2, 0) is 19.0 Å². The lowest BCUT2D eigenvalue weighted by Crippen LogP contribution is -2.70. The molecule has 2 saturated heterocycles. The van der Waals surface area contributed by atoms with Crippen LogP contribution < -0.4 is 0 Å². The van der Waals surface area contributed by atoms with Gasteiger partial charge in [-0.15, -0.1) is 0 Å². The van der Waals surface area contributed by atoms with E-state index in [1.807, 2.05) is 12.2 Å². The highest BCUT2D eigenvalue weighted by Crippen LogP contribution is 2.60. The zero-order chi connectivity index (χ0) is 12.4. The van der Waals surface area contributed by atoms with Gasteiger partial charge in [0.15, 0.2) is 0 Å². The summed E-state index contributed by atoms with van der Waals surface area (Å²) in [4.78, 5) is 12.6. The van der Waals surface area contributed by atoms with Crippen molar-refractivity contribution in [2.24, 2.45) is 17.3 Å². The number of ketones is 1. The Hall–Kier alpha value is -0.970. The Morgan fingerprint density at radius 2 is 2.39 bits per heavy atom. The number of ether oxygens (including phenoxy) is 3. The highest BCUT2D eigenvalue weighted by molar-refractivity contribution is 5.96. The monoisotopic (exact) mass is 248 g/mol. The maximum atomic E-state index is 12.6. The third-order valence-corrected chi connectivity index (χ3v) is 4.93. The first-order chi connectivity index (χ1) is 8.74. The summed E-state index contributed by atoms with van der Waals surface area (Å²) in [6.45, 7) is 1.82. The van der Waals surface area contributed by atoms with Gasteiger partial charge in [0.25, 0.3) is 0 Å². The topological polar surface area (TPSA) is 44.8 Å². The molecule has 3 aliphatic carbocycles. The molecule has 4 heteroatoms. The van der Waals surface area contributed by atoms with Gasteiger partial charge in [0, 0.05) is 13.0 Å². The molecule has 2 fully saturated rings. The van der Waals surface area contributed by atoms with E-state index < -0.39 is 11.2 Å². The fourth-order valence-corrected chi connectivity index (χ4v) is 4.13. The summed E-state index contributed by atoms with van der Waals surface area (Å²) in [5.41, 5.74) is 0.733. The number of rotatable bonds is 1. The van der Waals surface area contributed by atoms with Crippen molar-refractivity contribution in [2.45, 2.75) is 12.2 Å². The Kier molecular flexibility index (Phi) is 2.01. The van der Waals surface area contributed by atoms with E-state index in [0.717, 1.165) is 12.0 Å². The Balaban J connectivity index is 1.99. The first kappa shape index (κ1) is 10.9. The van der Waals surface area contributed by atoms with E-state index in [4.69, 9.17) is 14.2 Å². The largest absolute Gasteiger partial charge is 0.377 e. The number of hydrogen-bond donors (Lipinski definition) is 0. The van der Waals surface area contributed by atoms with Crippen molar-refractivity contribution >= 4 is 5.78 Å². The van der Waals surface area contributed by atoms with Gasteiger partial charge in [-0.05, 0) is 12.0 Å². The first-order valence-corrected chi connectivity index (χ1v) is 6.46. The normalized spacial score (nSPS) is 48.9. The molecule has 2 heterocycles. The molecule has 0 aromatic carbocycles. The first-order valence-electron chi connectivity index (χ1n) is 6.46. The number of allylic oxidation sites excluding steroid dienone is 2. The third kappa shape index (κ3) is 0.942. The van der Waals surface area contributed by atoms with Gasteiger partial charge in [-0.1, -0.05) is 18.2 Å². The zero-order valence-corrected chi connectivity index (χ0v) is 10.3. The Morgan fingerprint density at radius 1 is 1.50 bits per heavy atom. The number of carbonyl (C=O) groups excluding carboxylic acids is 1. The van der Waals surface area contributed by atoms with Gasteiger partial charge in [0.2, 0.25) is 11.6 Å². The summed E-state index contributed by atoms with van der Waals surface area (Å²) in [7, 11) is 1.58. The van der Waals surface area contributed by atoms with Crippen LogP contribution in [0.4, 0.5) is 0 Å². The molecule has 5 rings (SSSR count). The van der Waals surface area contributed by atoms with Crippen molar-refractivity contribution in [1.29, 1.82) is 0 Å². The molecule has 0 aromatic heterocycles. The van der Waals surface area contributed by atoms with Crippen LogP contribution in [0, 0.1) is 17.3 Å². The summed E-state index contributed by atoms with van der Waals surface area (Å²) in [5.74, 6) is -1.01. The lowest BCUT2D eigenvalue weighted by atomic mass is 9.53. The minimum atomic E-state index is -1.11. The van der Waals surface area contributed by atoms with Crippen molar-refractivity contribution in [3.05, 3.63) is 23.8 Å². The Bertz CT molecular complexity index is 478. The van der Waals surface area contributed by atoms with Gasteiger partial charge < -0.3 is 14.2 Å². The number of methoxy groups -OCH3 is 1. The minimum absolute atomic E-state index is 0.0443. The SMILES string of the molecule is CO[C@@]12OCC[C@H]3COCC4=C[C@H](C=C[C@@]431)C2=O. The molecule has 18 heavy (non-hydrogen) atoms. The van der Waals surface area contributed by atoms with Gasteiger partial charge in [0.1, 0.15) is 0 Å². The average Bonchev–Trinajstić information content (AvgIpc) is 2.42. The lowest BCUT2D eigenvalue weighted by Gasteiger charge is -2.60. The van der Waals surface area contributed by atoms with Crippen LogP contribution >= 0.6 is 0 Å². The van der Waals surface area contributed by atoms with Crippen molar-refractivity contribution in [3.63, 3.8) is 0 Å². The molecule has 2 aliphatic heterocycles. The van der Waals surface area contributed by atoms with Crippen molar-refractivity contribution in [3.8, 4) is 0 Å². The van der Waals surface area contributed by atoms with E-state index in [2.05, 4.69) is 6.08 Å². The van der Waals surface area contributed by atoms with E-state index in [-0.39, 0.29) is 17.6 Å². The number of hydrogen-bond acceptors (Lipinski definition) is 4. The van der Waals surface area contributed by atoms with E-state index in [1.165, 1.54) is 0 Å². The van der Waals surface area contributed by atoms with Crippen molar-refractivity contribution in [2.75, 3.05) is 26.9 Å². The molecule has 4 atom stereocenters. The fraction of sp³-hybridized carbons (Fsp3) is 0.643. The quantitative estimate of drug-likeness (QED) is 0.651. The Morgan fingerprint density at radius 3 is 3.22 bits per heavy atom. The second kappa shape index (κ2) is 3.32. The summed E-state index contributed by atoms with van der Waals surface area (Å²) >= 11 is 0. The second-order valence-electron chi connectivity index (χ2n) is 5.48. The molecule has 4 nitrogen and oxygen atoms in total. The standard InChI is InChI=1S/C14H16O4/c1-16-14-12(15)9-2-4-13(14)10(3-5-18-14)7-17-8-11(13)6-9/h2,4,6,9-10H,3,5,7-8H2,1H3/t9-,10-,13-,14-/m0/s1. The molecule has 0 N–H and O–H groups in total. The minimum Gasteiger partial charge on any atom is -0.377 e. The predicted octanol–water partition coefficient (Wildman–Crippen LogP) is 1.08. The Labute approximate surface area is 106 Å². The third-order valence-electron chi connectivity index (χ3n) is 4.93. The second-order valence-corrected chi connectivity index (χ2v) is 5.48. The van der Waals surface area contributed by atoms with E-state index in [9.17, 15) is 4.79 Å². The number of carbonyl (C=O) groups is 1. The maximum absolute atomic E-state index is 12.6. The van der Waals surface area contributed by atoms with Crippen molar-refractivity contribution < 1.29 is 19.0 Å². The predicted molar refractivity (Wildman–Crippen MR) is 62.8 cm³/mol. The smallest absolute Gasteiger partial charge is 0.243 e. The van der Waals surface area contributed by atoms with Crippen LogP contribution in [0.3, 0.4) is 0 Å². The summed E-state index contributed by atoms with van der Waals surface area (Å²) in [6.07, 6.45) is 7.09. The van der Waals surface area contributed by atoms with E-state index in [0.29, 0.717) is 19.8 Å². The lowest BCUT2D eigenvalue weighted by molar-refractivity contribution is -0.298. The molecule has 2 bridgehead atoms. The van der Waals surface area contributed by atoms with Crippen LogP contribution in [0.2, 0.25) is 0 Å². The molecule has 96 valence electrons. The highest BCUT2D eigenvalue weighted by atomic mass is 16.7. The van der Waals surface area contributed by atoms with E-state index >= 15 is 0 Å². The molecule has 0 radical (unpaired) electrons. The zero-order valence-electron chi connectivity index (χ0n) is 10.3. The van der Waals surface area contributed by atoms with Crippen LogP contribution in [0.25, 0.3) is 0 Å². The number of Topliss-reactive ketones (excluding diaryl/α,β-unsaturated/α-hetero) is 1. The molecule has 0 unspecified atom stereocenters. The van der Waals surface area contributed by atoms with E-state index in [1.54, 1.807) is 7.11 Å². The van der Waals surface area contributed by atoms with Crippen LogP contribution in [0.1, 0.15) is 6.42 Å². The highest BCUT2D eigenvalue weighted by Gasteiger charge is 2.69. The summed E-state index contributed by atoms with van der Waals surface area (Å²) in [5, 5.41) is 0. The molecular formula is C14H16O4. The van der Waals surface area contributed by atoms with Gasteiger partial charge in [-0.25, -0.2) is 0 Å². The fourth-order valence-electron chi connectivity index (χ4n) is 4.13. The summed E-state index contributed by atoms with van der Waals surface area (Å²) in [6, 6.07) is 0. The van der Waals surface area contributed by atoms with Crippen LogP contribution in [-0.4, -0.2) is 38.5 Å². The van der Waals surface area contributed by atoms with Gasteiger partial charge in [-0.3, -0.25) is 4.79 Å². The molecule has 0 amide bonds. The summed E-state index contributed by atoms with van der Waals surface area (Å²) < 4.78 is 17.2. The van der Waals surface area contributed by atoms with Gasteiger partial charge in [0.05, 0.1) is 31.2 Å². The van der Waals surface area contributed by atoms with Crippen molar-refractivity contribution in [1.82, 2.24) is 0 Å².